The van der Waals surface area contributed by atoms with E-state index in [1.165, 1.54) is 54.8 Å². The van der Waals surface area contributed by atoms with E-state index in [-0.39, 0.29) is 0 Å². The first-order valence-electron chi connectivity index (χ1n) is 26.8. The smallest absolute Gasteiger partial charge is 0.0619 e. The summed E-state index contributed by atoms with van der Waals surface area (Å²) in [5.74, 6) is 0. The zero-order valence-corrected chi connectivity index (χ0v) is 42.7. The first kappa shape index (κ1) is 45.0. The van der Waals surface area contributed by atoms with Crippen molar-refractivity contribution >= 4 is 99.3 Å². The molecule has 15 rings (SSSR count). The molecule has 0 radical (unpaired) electrons. The van der Waals surface area contributed by atoms with Crippen molar-refractivity contribution in [1.82, 2.24) is 9.13 Å². The van der Waals surface area contributed by atoms with Crippen LogP contribution in [0.15, 0.2) is 303 Å². The minimum Gasteiger partial charge on any atom is -0.309 e. The molecule has 4 nitrogen and oxygen atoms in total. The van der Waals surface area contributed by atoms with Gasteiger partial charge in [-0.15, -0.1) is 0 Å². The molecule has 0 aliphatic carbocycles. The van der Waals surface area contributed by atoms with Gasteiger partial charge in [-0.25, -0.2) is 0 Å². The maximum absolute atomic E-state index is 2.49. The molecule has 0 unspecified atom stereocenters. The Labute approximate surface area is 452 Å². The lowest BCUT2D eigenvalue weighted by molar-refractivity contribution is 1.18. The van der Waals surface area contributed by atoms with E-state index in [2.05, 4.69) is 322 Å². The summed E-state index contributed by atoms with van der Waals surface area (Å²) >= 11 is 0. The Kier molecular flexibility index (Phi) is 10.8. The van der Waals surface area contributed by atoms with Crippen molar-refractivity contribution < 1.29 is 0 Å². The average molecular weight is 995 g/mol. The van der Waals surface area contributed by atoms with E-state index in [1.807, 2.05) is 0 Å². The molecule has 2 aromatic heterocycles. The summed E-state index contributed by atoms with van der Waals surface area (Å²) in [6.07, 6.45) is 0. The molecule has 0 N–H and O–H groups in total. The highest BCUT2D eigenvalue weighted by atomic mass is 15.2. The zero-order chi connectivity index (χ0) is 51.5. The molecule has 0 fully saturated rings. The summed E-state index contributed by atoms with van der Waals surface area (Å²) in [6.45, 7) is 0. The lowest BCUT2D eigenvalue weighted by Crippen LogP contribution is -2.14. The lowest BCUT2D eigenvalue weighted by Gasteiger charge is -2.33. The third-order valence-corrected chi connectivity index (χ3v) is 15.6. The van der Waals surface area contributed by atoms with Gasteiger partial charge in [-0.2, -0.15) is 0 Å². The average Bonchev–Trinajstić information content (AvgIpc) is 4.16. The molecule has 0 atom stereocenters. The summed E-state index contributed by atoms with van der Waals surface area (Å²) in [7, 11) is 0. The zero-order valence-electron chi connectivity index (χ0n) is 42.7. The quantitative estimate of drug-likeness (QED) is 0.100. The molecule has 0 bridgehead atoms. The van der Waals surface area contributed by atoms with Crippen LogP contribution < -0.4 is 9.80 Å². The Morgan fingerprint density at radius 2 is 0.474 bits per heavy atom. The van der Waals surface area contributed by atoms with Crippen LogP contribution >= 0.6 is 0 Å². The van der Waals surface area contributed by atoms with E-state index in [0.717, 1.165) is 78.1 Å². The van der Waals surface area contributed by atoms with E-state index in [1.54, 1.807) is 0 Å². The summed E-state index contributed by atoms with van der Waals surface area (Å²) in [6, 6.07) is 111. The van der Waals surface area contributed by atoms with Crippen molar-refractivity contribution in [3.63, 3.8) is 0 Å². The Morgan fingerprint density at radius 3 is 0.821 bits per heavy atom. The van der Waals surface area contributed by atoms with Crippen molar-refractivity contribution in [2.24, 2.45) is 0 Å². The Bertz CT molecular complexity index is 4340. The van der Waals surface area contributed by atoms with Crippen molar-refractivity contribution in [3.8, 4) is 33.6 Å². The van der Waals surface area contributed by atoms with Gasteiger partial charge in [0.15, 0.2) is 0 Å². The molecule has 0 aliphatic heterocycles. The second-order valence-corrected chi connectivity index (χ2v) is 20.1. The fraction of sp³-hybridized carbons (Fsp3) is 0. The van der Waals surface area contributed by atoms with Crippen molar-refractivity contribution in [3.05, 3.63) is 303 Å². The predicted octanol–water partition coefficient (Wildman–Crippen LogP) is 20.5. The minimum absolute atomic E-state index is 1.07. The number of benzene rings is 13. The van der Waals surface area contributed by atoms with E-state index in [4.69, 9.17) is 0 Å². The van der Waals surface area contributed by atoms with E-state index >= 15 is 0 Å². The van der Waals surface area contributed by atoms with Gasteiger partial charge >= 0.3 is 0 Å². The molecular formula is C74H50N4. The normalized spacial score (nSPS) is 11.6. The highest BCUT2D eigenvalue weighted by Gasteiger charge is 2.27. The number of fused-ring (bicyclic) bond motifs is 8. The first-order chi connectivity index (χ1) is 38.7. The fourth-order valence-electron chi connectivity index (χ4n) is 12.2. The lowest BCUT2D eigenvalue weighted by atomic mass is 9.95. The van der Waals surface area contributed by atoms with E-state index in [9.17, 15) is 0 Å². The second kappa shape index (κ2) is 18.7. The van der Waals surface area contributed by atoms with Gasteiger partial charge < -0.3 is 18.9 Å². The summed E-state index contributed by atoms with van der Waals surface area (Å²) in [5.41, 5.74) is 18.2. The van der Waals surface area contributed by atoms with Crippen molar-refractivity contribution in [2.75, 3.05) is 9.80 Å². The maximum atomic E-state index is 2.49. The van der Waals surface area contributed by atoms with Crippen LogP contribution in [0.3, 0.4) is 0 Å². The number of nitrogens with zero attached hydrogens (tertiary/aromatic N) is 4. The highest BCUT2D eigenvalue weighted by Crippen LogP contribution is 2.52. The molecule has 4 heteroatoms. The number of hydrogen-bond donors (Lipinski definition) is 0. The largest absolute Gasteiger partial charge is 0.309 e. The first-order valence-corrected chi connectivity index (χ1v) is 26.8. The van der Waals surface area contributed by atoms with Crippen LogP contribution in [0.2, 0.25) is 0 Å². The summed E-state index contributed by atoms with van der Waals surface area (Å²) < 4.78 is 4.82. The van der Waals surface area contributed by atoms with Crippen molar-refractivity contribution in [2.45, 2.75) is 0 Å². The van der Waals surface area contributed by atoms with Gasteiger partial charge in [0.2, 0.25) is 0 Å². The molecule has 0 aliphatic rings. The predicted molar refractivity (Wildman–Crippen MR) is 330 cm³/mol. The van der Waals surface area contributed by atoms with Gasteiger partial charge in [0, 0.05) is 77.2 Å². The number of para-hydroxylation sites is 4. The van der Waals surface area contributed by atoms with Gasteiger partial charge in [-0.1, -0.05) is 194 Å². The Hall–Kier alpha value is -10.4. The van der Waals surface area contributed by atoms with Crippen LogP contribution in [-0.2, 0) is 0 Å². The topological polar surface area (TPSA) is 16.3 Å². The number of rotatable bonds is 10. The van der Waals surface area contributed by atoms with Crippen molar-refractivity contribution in [1.29, 1.82) is 0 Å². The number of hydrogen-bond acceptors (Lipinski definition) is 2. The summed E-state index contributed by atoms with van der Waals surface area (Å²) in [5, 5.41) is 9.34. The van der Waals surface area contributed by atoms with Crippen LogP contribution in [0, 0.1) is 0 Å². The molecular weight excluding hydrogens is 945 g/mol. The standard InChI is InChI=1S/C74H50N4/c1-7-23-51(24-8-1)53-39-43-69-65(47-53)67-49-59(41-45-71(67)77(69)57-31-15-5-16-32-57)75(55-27-11-3-12-28-55)73-61-35-19-21-37-63(61)74(64-38-22-20-36-62(64)73)76(56-29-13-4-14-30-56)60-42-46-72-68(50-60)66-48-54(52-25-9-2-10-26-52)40-44-70(66)78(72)58-33-17-6-18-34-58/h1-50H. The Morgan fingerprint density at radius 1 is 0.192 bits per heavy atom. The van der Waals surface area contributed by atoms with E-state index in [0.29, 0.717) is 0 Å². The molecule has 0 saturated heterocycles. The SMILES string of the molecule is c1ccc(-c2ccc3c(c2)c2cc(N(c4ccccc4)c4c5ccccc5c(N(c5ccccc5)c5ccc6c(c5)c5cc(-c7ccccc7)ccc5n6-c5ccccc5)c5ccccc45)ccc2n3-c2ccccc2)cc1. The van der Waals surface area contributed by atoms with Crippen LogP contribution in [0.1, 0.15) is 0 Å². The molecule has 366 valence electrons. The molecule has 15 aromatic rings. The van der Waals surface area contributed by atoms with Gasteiger partial charge in [0.25, 0.3) is 0 Å². The molecule has 78 heavy (non-hydrogen) atoms. The van der Waals surface area contributed by atoms with Crippen LogP contribution in [0.4, 0.5) is 34.1 Å². The van der Waals surface area contributed by atoms with E-state index < -0.39 is 0 Å². The number of aromatic nitrogens is 2. The summed E-state index contributed by atoms with van der Waals surface area (Å²) in [4.78, 5) is 4.98. The fourth-order valence-corrected chi connectivity index (χ4v) is 12.2. The van der Waals surface area contributed by atoms with Crippen LogP contribution in [0.5, 0.6) is 0 Å². The third-order valence-electron chi connectivity index (χ3n) is 15.6. The van der Waals surface area contributed by atoms with Crippen LogP contribution in [-0.4, -0.2) is 9.13 Å². The van der Waals surface area contributed by atoms with Gasteiger partial charge in [0.1, 0.15) is 0 Å². The molecule has 0 amide bonds. The highest BCUT2D eigenvalue weighted by molar-refractivity contribution is 6.24. The minimum atomic E-state index is 1.07. The maximum Gasteiger partial charge on any atom is 0.0619 e. The second-order valence-electron chi connectivity index (χ2n) is 20.1. The monoisotopic (exact) mass is 994 g/mol. The molecule has 0 saturated carbocycles. The molecule has 13 aromatic carbocycles. The van der Waals surface area contributed by atoms with Gasteiger partial charge in [-0.3, -0.25) is 0 Å². The number of anilines is 6. The molecule has 2 heterocycles. The third kappa shape index (κ3) is 7.45. The Balaban J connectivity index is 0.984. The van der Waals surface area contributed by atoms with Gasteiger partial charge in [-0.05, 0) is 131 Å². The van der Waals surface area contributed by atoms with Crippen LogP contribution in [0.25, 0.3) is 98.8 Å². The molecule has 0 spiro atoms. The van der Waals surface area contributed by atoms with Gasteiger partial charge in [0.05, 0.1) is 33.4 Å².